The Morgan fingerprint density at radius 3 is 1.31 bits per heavy atom. The van der Waals surface area contributed by atoms with Crippen molar-refractivity contribution in [3.8, 4) is 0 Å². The van der Waals surface area contributed by atoms with Crippen LogP contribution in [0.1, 0.15) is 79.1 Å². The zero-order valence-corrected chi connectivity index (χ0v) is 31.9. The first-order chi connectivity index (χ1) is 26.1. The summed E-state index contributed by atoms with van der Waals surface area (Å²) < 4.78 is 47.9. The zero-order valence-electron chi connectivity index (χ0n) is 31.9. The first-order valence-corrected chi connectivity index (χ1v) is 18.2. The van der Waals surface area contributed by atoms with Gasteiger partial charge in [0.2, 0.25) is 0 Å². The van der Waals surface area contributed by atoms with Gasteiger partial charge in [0.15, 0.2) is 0 Å². The van der Waals surface area contributed by atoms with E-state index in [1.165, 1.54) is 0 Å². The number of carbonyl (C=O) groups is 4. The second kappa shape index (κ2) is 20.1. The molecule has 14 nitrogen and oxygen atoms in total. The van der Waals surface area contributed by atoms with E-state index in [4.69, 9.17) is 9.47 Å². The summed E-state index contributed by atoms with van der Waals surface area (Å²) in [5, 5.41) is 4.24. The molecule has 1 saturated heterocycles. The molecule has 3 aromatic rings. The first-order valence-electron chi connectivity index (χ1n) is 18.2. The Bertz CT molecular complexity index is 1740. The smallest absolute Gasteiger partial charge is 0.461 e. The summed E-state index contributed by atoms with van der Waals surface area (Å²) in [6.45, 7) is 14.3. The Balaban J connectivity index is 1.53. The number of rotatable bonds is 14. The molecule has 55 heavy (non-hydrogen) atoms. The summed E-state index contributed by atoms with van der Waals surface area (Å²) in [6, 6.07) is 10.8. The highest BCUT2D eigenvalue weighted by Crippen LogP contribution is 2.16. The van der Waals surface area contributed by atoms with Crippen LogP contribution in [0.5, 0.6) is 0 Å². The Morgan fingerprint density at radius 2 is 0.945 bits per heavy atom. The summed E-state index contributed by atoms with van der Waals surface area (Å²) >= 11 is 0. The van der Waals surface area contributed by atoms with Gasteiger partial charge in [-0.1, -0.05) is 0 Å². The van der Waals surface area contributed by atoms with Crippen molar-refractivity contribution in [1.82, 2.24) is 40.3 Å². The predicted octanol–water partition coefficient (Wildman–Crippen LogP) is 3.38. The lowest BCUT2D eigenvalue weighted by Gasteiger charge is -2.25. The molecule has 0 bridgehead atoms. The van der Waals surface area contributed by atoms with Crippen LogP contribution in [0.2, 0.25) is 0 Å². The minimum Gasteiger partial charge on any atom is -0.461 e. The highest BCUT2D eigenvalue weighted by molar-refractivity contribution is 5.92. The van der Waals surface area contributed by atoms with Crippen LogP contribution in [-0.2, 0) is 33.9 Å². The van der Waals surface area contributed by atoms with Crippen LogP contribution in [0.25, 0.3) is 0 Å². The molecular weight excluding hydrogens is 721 g/mol. The summed E-state index contributed by atoms with van der Waals surface area (Å²) in [4.78, 5) is 69.6. The van der Waals surface area contributed by atoms with E-state index >= 15 is 0 Å². The van der Waals surface area contributed by atoms with Crippen LogP contribution >= 0.6 is 0 Å². The molecule has 0 unspecified atom stereocenters. The molecule has 3 aromatic heterocycles. The molecule has 1 aliphatic heterocycles. The van der Waals surface area contributed by atoms with Gasteiger partial charge in [-0.2, -0.15) is 13.2 Å². The fraction of sp³-hybridized carbons (Fsp3) is 0.500. The summed E-state index contributed by atoms with van der Waals surface area (Å²) in [6.07, 6.45) is -5.01. The largest absolute Gasteiger partial charge is 0.471 e. The van der Waals surface area contributed by atoms with Crippen LogP contribution in [-0.4, -0.2) is 125 Å². The lowest BCUT2D eigenvalue weighted by Crippen LogP contribution is -2.41. The van der Waals surface area contributed by atoms with Crippen LogP contribution in [0, 0.1) is 20.8 Å². The van der Waals surface area contributed by atoms with Crippen molar-refractivity contribution in [2.45, 2.75) is 60.4 Å². The fourth-order valence-electron chi connectivity index (χ4n) is 6.09. The van der Waals surface area contributed by atoms with E-state index in [1.54, 1.807) is 37.4 Å². The van der Waals surface area contributed by atoms with Gasteiger partial charge in [0.25, 0.3) is 5.91 Å². The number of alkyl halides is 3. The number of pyridine rings is 3. The summed E-state index contributed by atoms with van der Waals surface area (Å²) in [5.41, 5.74) is 5.26. The number of halogens is 3. The van der Waals surface area contributed by atoms with Gasteiger partial charge in [-0.05, 0) is 87.7 Å². The zero-order chi connectivity index (χ0) is 40.1. The number of carbonyl (C=O) groups excluding carboxylic acids is 4. The molecule has 4 rings (SSSR count). The molecule has 4 heterocycles. The lowest BCUT2D eigenvalue weighted by atomic mass is 10.2. The fourth-order valence-corrected chi connectivity index (χ4v) is 6.09. The Morgan fingerprint density at radius 1 is 0.600 bits per heavy atom. The number of esters is 2. The van der Waals surface area contributed by atoms with Crippen molar-refractivity contribution < 1.29 is 41.8 Å². The quantitative estimate of drug-likeness (QED) is 0.182. The number of nitrogens with zero attached hydrogens (tertiary/aromatic N) is 6. The van der Waals surface area contributed by atoms with Crippen LogP contribution in [0.3, 0.4) is 0 Å². The van der Waals surface area contributed by atoms with Crippen molar-refractivity contribution in [2.75, 3.05) is 65.6 Å². The molecule has 298 valence electrons. The number of aryl methyl sites for hydroxylation is 3. The summed E-state index contributed by atoms with van der Waals surface area (Å²) in [7, 11) is 0. The SMILES string of the molecule is CCOC(=O)c1cc(C)cc(CN2CCN(Cc3cc(C)cc(C(=O)NCCNC(=O)C(F)(F)F)n3)CCN(Cc3cc(C)cc(C(=O)OCC)n3)CC2)n1. The normalized spacial score (nSPS) is 14.7. The maximum absolute atomic E-state index is 12.9. The molecule has 17 heteroatoms. The van der Waals surface area contributed by atoms with E-state index in [0.717, 1.165) is 28.1 Å². The molecular formula is C38H49F3N8O6. The second-order valence-corrected chi connectivity index (χ2v) is 13.3. The molecule has 1 aliphatic rings. The third-order valence-electron chi connectivity index (χ3n) is 8.58. The molecule has 2 N–H and O–H groups in total. The topological polar surface area (TPSA) is 159 Å². The van der Waals surface area contributed by atoms with E-state index in [9.17, 15) is 32.3 Å². The van der Waals surface area contributed by atoms with Crippen LogP contribution < -0.4 is 10.6 Å². The molecule has 1 fully saturated rings. The number of hydrogen-bond donors (Lipinski definition) is 2. The maximum atomic E-state index is 12.9. The first kappa shape index (κ1) is 42.7. The summed E-state index contributed by atoms with van der Waals surface area (Å²) in [5.74, 6) is -3.61. The van der Waals surface area contributed by atoms with E-state index in [-0.39, 0.29) is 36.8 Å². The van der Waals surface area contributed by atoms with Crippen LogP contribution in [0.15, 0.2) is 36.4 Å². The standard InChI is InChI=1S/C38H49F3N8O6/c1-6-54-35(51)32-20-26(4)17-29(45-32)23-48-12-10-47(11-13-49(15-14-48)24-30-18-27(5)21-33(46-30)36(52)55-7-2)22-28-16-25(3)19-31(44-28)34(50)42-8-9-43-37(53)38(39,40)41/h16-21H,6-15,22-24H2,1-5H3,(H,42,50)(H,43,53). The van der Waals surface area contributed by atoms with Gasteiger partial charge in [0.1, 0.15) is 17.1 Å². The maximum Gasteiger partial charge on any atom is 0.471 e. The lowest BCUT2D eigenvalue weighted by molar-refractivity contribution is -0.173. The van der Waals surface area contributed by atoms with Gasteiger partial charge < -0.3 is 20.1 Å². The molecule has 2 amide bonds. The Hall–Kier alpha value is -5.00. The van der Waals surface area contributed by atoms with E-state index in [2.05, 4.69) is 35.0 Å². The van der Waals surface area contributed by atoms with Crippen LogP contribution in [0.4, 0.5) is 13.2 Å². The van der Waals surface area contributed by atoms with Gasteiger partial charge >= 0.3 is 24.0 Å². The average Bonchev–Trinajstić information content (AvgIpc) is 3.20. The monoisotopic (exact) mass is 770 g/mol. The third kappa shape index (κ3) is 13.7. The van der Waals surface area contributed by atoms with Gasteiger partial charge in [-0.25, -0.2) is 24.5 Å². The highest BCUT2D eigenvalue weighted by atomic mass is 19.4. The molecule has 0 aliphatic carbocycles. The number of ether oxygens (including phenoxy) is 2. The van der Waals surface area contributed by atoms with Gasteiger partial charge in [0, 0.05) is 72.0 Å². The second-order valence-electron chi connectivity index (χ2n) is 13.3. The van der Waals surface area contributed by atoms with E-state index < -0.39 is 36.5 Å². The Labute approximate surface area is 318 Å². The van der Waals surface area contributed by atoms with Gasteiger partial charge in [0.05, 0.1) is 30.3 Å². The van der Waals surface area contributed by atoms with Crippen molar-refractivity contribution >= 4 is 23.8 Å². The minimum atomic E-state index is -5.01. The minimum absolute atomic E-state index is 0.107. The van der Waals surface area contributed by atoms with Crippen molar-refractivity contribution in [3.63, 3.8) is 0 Å². The number of aromatic nitrogens is 3. The highest BCUT2D eigenvalue weighted by Gasteiger charge is 2.38. The Kier molecular flexibility index (Phi) is 15.6. The molecule has 0 saturated carbocycles. The number of nitrogens with one attached hydrogen (secondary N) is 2. The average molecular weight is 771 g/mol. The van der Waals surface area contributed by atoms with Crippen molar-refractivity contribution in [2.24, 2.45) is 0 Å². The molecule has 0 atom stereocenters. The number of hydrogen-bond acceptors (Lipinski definition) is 12. The van der Waals surface area contributed by atoms with Crippen molar-refractivity contribution in [3.05, 3.63) is 87.3 Å². The third-order valence-corrected chi connectivity index (χ3v) is 8.58. The number of amides is 2. The van der Waals surface area contributed by atoms with E-state index in [1.807, 2.05) is 39.0 Å². The molecule has 0 aromatic carbocycles. The molecule has 0 radical (unpaired) electrons. The predicted molar refractivity (Wildman–Crippen MR) is 196 cm³/mol. The molecule has 0 spiro atoms. The van der Waals surface area contributed by atoms with Gasteiger partial charge in [-0.3, -0.25) is 24.3 Å². The van der Waals surface area contributed by atoms with Crippen molar-refractivity contribution in [1.29, 1.82) is 0 Å². The van der Waals surface area contributed by atoms with E-state index in [0.29, 0.717) is 64.6 Å². The van der Waals surface area contributed by atoms with Gasteiger partial charge in [-0.15, -0.1) is 0 Å².